The summed E-state index contributed by atoms with van der Waals surface area (Å²) in [5.41, 5.74) is -0.461. The molecule has 0 fully saturated rings. The van der Waals surface area contributed by atoms with Crippen LogP contribution in [0.2, 0.25) is 0 Å². The number of hydrogen-bond acceptors (Lipinski definition) is 5. The average Bonchev–Trinajstić information content (AvgIpc) is 3.17. The van der Waals surface area contributed by atoms with E-state index in [9.17, 15) is 14.4 Å². The molecule has 0 N–H and O–H groups in total. The lowest BCUT2D eigenvalue weighted by atomic mass is 10.4. The molecule has 3 rings (SSSR count). The highest BCUT2D eigenvalue weighted by atomic mass is 16.3. The van der Waals surface area contributed by atoms with Gasteiger partial charge in [-0.15, -0.1) is 0 Å². The molecule has 9 heteroatoms. The van der Waals surface area contributed by atoms with Crippen molar-refractivity contribution in [2.24, 2.45) is 14.1 Å². The summed E-state index contributed by atoms with van der Waals surface area (Å²) in [4.78, 5) is 42.4. The lowest BCUT2D eigenvalue weighted by molar-refractivity contribution is -0.131. The van der Waals surface area contributed by atoms with Crippen LogP contribution < -0.4 is 11.2 Å². The third kappa shape index (κ3) is 2.88. The number of likely N-dealkylation sites (N-methyl/N-ethyl adjacent to an activating group) is 1. The van der Waals surface area contributed by atoms with E-state index in [0.717, 1.165) is 10.3 Å². The zero-order chi connectivity index (χ0) is 18.3. The van der Waals surface area contributed by atoms with Crippen LogP contribution in [-0.2, 0) is 32.0 Å². The van der Waals surface area contributed by atoms with Crippen LogP contribution >= 0.6 is 0 Å². The van der Waals surface area contributed by atoms with E-state index < -0.39 is 11.2 Å². The van der Waals surface area contributed by atoms with Crippen molar-refractivity contribution < 1.29 is 9.21 Å². The van der Waals surface area contributed by atoms with Gasteiger partial charge in [0.2, 0.25) is 5.91 Å². The molecule has 25 heavy (non-hydrogen) atoms. The molecule has 0 aromatic carbocycles. The molecule has 0 aliphatic carbocycles. The number of hydrogen-bond donors (Lipinski definition) is 0. The van der Waals surface area contributed by atoms with Gasteiger partial charge < -0.3 is 13.9 Å². The number of amides is 1. The lowest BCUT2D eigenvalue weighted by Crippen LogP contribution is -2.38. The molecule has 132 valence electrons. The Morgan fingerprint density at radius 3 is 2.60 bits per heavy atom. The molecule has 3 heterocycles. The Kier molecular flexibility index (Phi) is 4.07. The van der Waals surface area contributed by atoms with E-state index in [1.807, 2.05) is 19.1 Å². The normalized spacial score (nSPS) is 11.2. The minimum atomic E-state index is -0.479. The minimum absolute atomic E-state index is 0.0554. The molecule has 0 bridgehead atoms. The van der Waals surface area contributed by atoms with Gasteiger partial charge in [-0.3, -0.25) is 18.7 Å². The second-order valence-corrected chi connectivity index (χ2v) is 6.01. The highest BCUT2D eigenvalue weighted by Crippen LogP contribution is 2.10. The maximum absolute atomic E-state index is 12.5. The summed E-state index contributed by atoms with van der Waals surface area (Å²) < 4.78 is 9.22. The third-order valence-corrected chi connectivity index (χ3v) is 4.14. The summed E-state index contributed by atoms with van der Waals surface area (Å²) in [5, 5.41) is 0. The molecule has 0 aliphatic heterocycles. The van der Waals surface area contributed by atoms with Crippen LogP contribution in [-0.4, -0.2) is 36.5 Å². The lowest BCUT2D eigenvalue weighted by Gasteiger charge is -2.16. The number of aryl methyl sites for hydroxylation is 2. The molecule has 3 aromatic heterocycles. The van der Waals surface area contributed by atoms with Crippen LogP contribution in [0.15, 0.2) is 32.5 Å². The van der Waals surface area contributed by atoms with E-state index >= 15 is 0 Å². The summed E-state index contributed by atoms with van der Waals surface area (Å²) in [6.45, 7) is 2.11. The summed E-state index contributed by atoms with van der Waals surface area (Å²) >= 11 is 0. The molecule has 0 spiro atoms. The molecule has 0 aliphatic rings. The Labute approximate surface area is 142 Å². The first-order valence-electron chi connectivity index (χ1n) is 7.69. The maximum Gasteiger partial charge on any atom is 0.332 e. The number of rotatable bonds is 4. The first kappa shape index (κ1) is 16.7. The van der Waals surface area contributed by atoms with E-state index in [1.54, 1.807) is 7.05 Å². The number of furan rings is 1. The van der Waals surface area contributed by atoms with E-state index in [1.165, 1.54) is 34.5 Å². The van der Waals surface area contributed by atoms with E-state index in [2.05, 4.69) is 4.98 Å². The number of carbonyl (C=O) groups is 1. The SMILES string of the molecule is Cc1ccc(CN(C)C(=O)Cn2cnc3c2c(=O)n(C)c(=O)n3C)o1. The quantitative estimate of drug-likeness (QED) is 0.663. The van der Waals surface area contributed by atoms with Gasteiger partial charge >= 0.3 is 5.69 Å². The van der Waals surface area contributed by atoms with Crippen LogP contribution in [0, 0.1) is 6.92 Å². The van der Waals surface area contributed by atoms with Gasteiger partial charge in [0.25, 0.3) is 5.56 Å². The molecule has 0 saturated carbocycles. The van der Waals surface area contributed by atoms with Gasteiger partial charge in [-0.2, -0.15) is 0 Å². The first-order valence-corrected chi connectivity index (χ1v) is 7.69. The molecule has 1 amide bonds. The van der Waals surface area contributed by atoms with Crippen molar-refractivity contribution in [3.63, 3.8) is 0 Å². The molecule has 0 saturated heterocycles. The van der Waals surface area contributed by atoms with Crippen molar-refractivity contribution in [3.8, 4) is 0 Å². The van der Waals surface area contributed by atoms with Crippen molar-refractivity contribution in [1.82, 2.24) is 23.6 Å². The molecule has 0 atom stereocenters. The van der Waals surface area contributed by atoms with Gasteiger partial charge in [0.1, 0.15) is 18.1 Å². The van der Waals surface area contributed by atoms with Crippen molar-refractivity contribution >= 4 is 17.1 Å². The predicted octanol–water partition coefficient (Wildman–Crippen LogP) is -0.00628. The van der Waals surface area contributed by atoms with Crippen LogP contribution in [0.5, 0.6) is 0 Å². The van der Waals surface area contributed by atoms with E-state index in [0.29, 0.717) is 12.3 Å². The largest absolute Gasteiger partial charge is 0.464 e. The number of nitrogens with zero attached hydrogens (tertiary/aromatic N) is 5. The van der Waals surface area contributed by atoms with Gasteiger partial charge in [-0.05, 0) is 19.1 Å². The van der Waals surface area contributed by atoms with Crippen LogP contribution in [0.3, 0.4) is 0 Å². The van der Waals surface area contributed by atoms with Crippen LogP contribution in [0.25, 0.3) is 11.2 Å². The Morgan fingerprint density at radius 1 is 1.24 bits per heavy atom. The topological polar surface area (TPSA) is 95.3 Å². The van der Waals surface area contributed by atoms with Gasteiger partial charge in [0.15, 0.2) is 11.2 Å². The molecule has 0 unspecified atom stereocenters. The number of fused-ring (bicyclic) bond motifs is 1. The zero-order valence-corrected chi connectivity index (χ0v) is 14.5. The predicted molar refractivity (Wildman–Crippen MR) is 90.1 cm³/mol. The van der Waals surface area contributed by atoms with Gasteiger partial charge in [0.05, 0.1) is 12.9 Å². The Balaban J connectivity index is 1.89. The molecular formula is C16H19N5O4. The fourth-order valence-corrected chi connectivity index (χ4v) is 2.68. The standard InChI is InChI=1S/C16H19N5O4/c1-10-5-6-11(25-10)7-18(2)12(22)8-21-9-17-14-13(21)15(23)20(4)16(24)19(14)3/h5-6,9H,7-8H2,1-4H3. The monoisotopic (exact) mass is 345 g/mol. The Morgan fingerprint density at radius 2 is 1.96 bits per heavy atom. The fourth-order valence-electron chi connectivity index (χ4n) is 2.68. The van der Waals surface area contributed by atoms with Gasteiger partial charge in [0, 0.05) is 21.1 Å². The first-order chi connectivity index (χ1) is 11.8. The molecular weight excluding hydrogens is 326 g/mol. The van der Waals surface area contributed by atoms with Crippen LogP contribution in [0.1, 0.15) is 11.5 Å². The van der Waals surface area contributed by atoms with Crippen molar-refractivity contribution in [2.75, 3.05) is 7.05 Å². The van der Waals surface area contributed by atoms with Gasteiger partial charge in [-0.25, -0.2) is 9.78 Å². The highest BCUT2D eigenvalue weighted by molar-refractivity contribution is 5.78. The third-order valence-electron chi connectivity index (χ3n) is 4.14. The Bertz CT molecular complexity index is 1070. The second kappa shape index (κ2) is 6.08. The second-order valence-electron chi connectivity index (χ2n) is 6.01. The summed E-state index contributed by atoms with van der Waals surface area (Å²) in [6.07, 6.45) is 1.40. The maximum atomic E-state index is 12.5. The number of aromatic nitrogens is 4. The Hall–Kier alpha value is -3.10. The zero-order valence-electron chi connectivity index (χ0n) is 14.5. The molecule has 3 aromatic rings. The fraction of sp³-hybridized carbons (Fsp3) is 0.375. The van der Waals surface area contributed by atoms with Crippen molar-refractivity contribution in [1.29, 1.82) is 0 Å². The average molecular weight is 345 g/mol. The summed E-state index contributed by atoms with van der Waals surface area (Å²) in [7, 11) is 4.59. The summed E-state index contributed by atoms with van der Waals surface area (Å²) in [6, 6.07) is 3.65. The number of carbonyl (C=O) groups excluding carboxylic acids is 1. The smallest absolute Gasteiger partial charge is 0.332 e. The van der Waals surface area contributed by atoms with Crippen LogP contribution in [0.4, 0.5) is 0 Å². The highest BCUT2D eigenvalue weighted by Gasteiger charge is 2.18. The van der Waals surface area contributed by atoms with E-state index in [-0.39, 0.29) is 23.6 Å². The number of imidazole rings is 1. The summed E-state index contributed by atoms with van der Waals surface area (Å²) in [5.74, 6) is 1.26. The minimum Gasteiger partial charge on any atom is -0.464 e. The molecule has 0 radical (unpaired) electrons. The van der Waals surface area contributed by atoms with E-state index in [4.69, 9.17) is 4.42 Å². The molecule has 9 nitrogen and oxygen atoms in total. The van der Waals surface area contributed by atoms with Crippen molar-refractivity contribution in [3.05, 3.63) is 50.8 Å². The van der Waals surface area contributed by atoms with Gasteiger partial charge in [-0.1, -0.05) is 0 Å². The van der Waals surface area contributed by atoms with Crippen molar-refractivity contribution in [2.45, 2.75) is 20.0 Å².